The highest BCUT2D eigenvalue weighted by atomic mass is 79.9. The minimum atomic E-state index is -0.220. The topological polar surface area (TPSA) is 32.5 Å². The van der Waals surface area contributed by atoms with Crippen LogP contribution in [-0.4, -0.2) is 49.1 Å². The predicted octanol–water partition coefficient (Wildman–Crippen LogP) is 2.23. The van der Waals surface area contributed by atoms with Crippen molar-refractivity contribution >= 4 is 15.9 Å². The van der Waals surface area contributed by atoms with E-state index in [2.05, 4.69) is 32.7 Å². The largest absolute Gasteiger partial charge is 0.329 e. The number of piperazine rings is 1. The molecule has 1 atom stereocenters. The lowest BCUT2D eigenvalue weighted by Gasteiger charge is -2.39. The van der Waals surface area contributed by atoms with Gasteiger partial charge in [-0.25, -0.2) is 4.39 Å². The highest BCUT2D eigenvalue weighted by Gasteiger charge is 2.24. The SMILES string of the molecule is CCN1CCN(C(CN)c2ccc(F)cc2Br)CC1. The first-order valence-corrected chi connectivity index (χ1v) is 7.56. The van der Waals surface area contributed by atoms with Gasteiger partial charge in [-0.15, -0.1) is 0 Å². The fraction of sp³-hybridized carbons (Fsp3) is 0.571. The quantitative estimate of drug-likeness (QED) is 0.919. The van der Waals surface area contributed by atoms with Crippen LogP contribution in [0.15, 0.2) is 22.7 Å². The Hall–Kier alpha value is -0.490. The van der Waals surface area contributed by atoms with Crippen molar-refractivity contribution in [3.05, 3.63) is 34.1 Å². The second kappa shape index (κ2) is 6.79. The van der Waals surface area contributed by atoms with Crippen molar-refractivity contribution in [3.8, 4) is 0 Å². The van der Waals surface area contributed by atoms with Gasteiger partial charge >= 0.3 is 0 Å². The molecule has 2 rings (SSSR count). The van der Waals surface area contributed by atoms with Crippen LogP contribution in [0.5, 0.6) is 0 Å². The van der Waals surface area contributed by atoms with E-state index in [9.17, 15) is 4.39 Å². The number of benzene rings is 1. The van der Waals surface area contributed by atoms with E-state index < -0.39 is 0 Å². The number of hydrogen-bond donors (Lipinski definition) is 1. The molecule has 2 N–H and O–H groups in total. The van der Waals surface area contributed by atoms with E-state index in [0.29, 0.717) is 6.54 Å². The Balaban J connectivity index is 2.12. The maximum atomic E-state index is 13.2. The van der Waals surface area contributed by atoms with Crippen molar-refractivity contribution < 1.29 is 4.39 Å². The van der Waals surface area contributed by atoms with Crippen LogP contribution in [0.1, 0.15) is 18.5 Å². The van der Waals surface area contributed by atoms with Gasteiger partial charge in [-0.3, -0.25) is 4.90 Å². The first-order valence-electron chi connectivity index (χ1n) is 6.77. The zero-order valence-electron chi connectivity index (χ0n) is 11.3. The van der Waals surface area contributed by atoms with Gasteiger partial charge in [-0.2, -0.15) is 0 Å². The maximum absolute atomic E-state index is 13.2. The van der Waals surface area contributed by atoms with Gasteiger partial charge in [0.1, 0.15) is 5.82 Å². The summed E-state index contributed by atoms with van der Waals surface area (Å²) in [6.45, 7) is 8.01. The third-order valence-corrected chi connectivity index (χ3v) is 4.53. The molecule has 5 heteroatoms. The van der Waals surface area contributed by atoms with E-state index in [4.69, 9.17) is 5.73 Å². The van der Waals surface area contributed by atoms with E-state index in [0.717, 1.165) is 42.8 Å². The molecule has 0 amide bonds. The molecule has 1 heterocycles. The summed E-state index contributed by atoms with van der Waals surface area (Å²) in [6.07, 6.45) is 0. The second-order valence-electron chi connectivity index (χ2n) is 4.89. The minimum absolute atomic E-state index is 0.161. The normalized spacial score (nSPS) is 19.6. The van der Waals surface area contributed by atoms with Gasteiger partial charge in [0.25, 0.3) is 0 Å². The summed E-state index contributed by atoms with van der Waals surface area (Å²) in [5.74, 6) is -0.220. The first-order chi connectivity index (χ1) is 9.15. The van der Waals surface area contributed by atoms with Crippen LogP contribution in [0.4, 0.5) is 4.39 Å². The van der Waals surface area contributed by atoms with Gasteiger partial charge in [0.2, 0.25) is 0 Å². The van der Waals surface area contributed by atoms with Crippen molar-refractivity contribution in [1.29, 1.82) is 0 Å². The second-order valence-corrected chi connectivity index (χ2v) is 5.74. The summed E-state index contributed by atoms with van der Waals surface area (Å²) in [4.78, 5) is 4.83. The van der Waals surface area contributed by atoms with Crippen molar-refractivity contribution in [3.63, 3.8) is 0 Å². The summed E-state index contributed by atoms with van der Waals surface area (Å²) < 4.78 is 14.0. The smallest absolute Gasteiger partial charge is 0.124 e. The van der Waals surface area contributed by atoms with E-state index in [1.54, 1.807) is 0 Å². The van der Waals surface area contributed by atoms with Crippen LogP contribution in [0.3, 0.4) is 0 Å². The fourth-order valence-corrected chi connectivity index (χ4v) is 3.25. The Bertz CT molecular complexity index is 419. The van der Waals surface area contributed by atoms with Gasteiger partial charge in [0.15, 0.2) is 0 Å². The predicted molar refractivity (Wildman–Crippen MR) is 79.6 cm³/mol. The molecule has 0 radical (unpaired) electrons. The Kier molecular flexibility index (Phi) is 5.33. The van der Waals surface area contributed by atoms with Crippen LogP contribution in [0.25, 0.3) is 0 Å². The maximum Gasteiger partial charge on any atom is 0.124 e. The average Bonchev–Trinajstić information content (AvgIpc) is 2.42. The van der Waals surface area contributed by atoms with Crippen LogP contribution >= 0.6 is 15.9 Å². The van der Waals surface area contributed by atoms with Crippen molar-refractivity contribution in [2.24, 2.45) is 5.73 Å². The average molecular weight is 330 g/mol. The molecule has 1 aliphatic rings. The zero-order valence-corrected chi connectivity index (χ0v) is 12.9. The number of hydrogen-bond acceptors (Lipinski definition) is 3. The van der Waals surface area contributed by atoms with E-state index >= 15 is 0 Å². The van der Waals surface area contributed by atoms with E-state index in [1.165, 1.54) is 12.1 Å². The molecule has 19 heavy (non-hydrogen) atoms. The molecule has 3 nitrogen and oxygen atoms in total. The molecule has 0 aliphatic carbocycles. The van der Waals surface area contributed by atoms with Crippen molar-refractivity contribution in [1.82, 2.24) is 9.80 Å². The molecular weight excluding hydrogens is 309 g/mol. The van der Waals surface area contributed by atoms with Crippen LogP contribution in [0, 0.1) is 5.82 Å². The number of nitrogens with zero attached hydrogens (tertiary/aromatic N) is 2. The summed E-state index contributed by atoms with van der Waals surface area (Å²) >= 11 is 3.45. The molecule has 1 fully saturated rings. The van der Waals surface area contributed by atoms with Crippen LogP contribution in [0.2, 0.25) is 0 Å². The Morgan fingerprint density at radius 1 is 1.32 bits per heavy atom. The summed E-state index contributed by atoms with van der Waals surface area (Å²) in [5, 5.41) is 0. The minimum Gasteiger partial charge on any atom is -0.329 e. The molecule has 0 bridgehead atoms. The lowest BCUT2D eigenvalue weighted by molar-refractivity contribution is 0.102. The summed E-state index contributed by atoms with van der Waals surface area (Å²) in [5.41, 5.74) is 7.02. The third kappa shape index (κ3) is 3.54. The zero-order chi connectivity index (χ0) is 13.8. The number of nitrogens with two attached hydrogens (primary N) is 1. The molecule has 1 saturated heterocycles. The molecular formula is C14H21BrFN3. The summed E-state index contributed by atoms with van der Waals surface area (Å²) in [7, 11) is 0. The van der Waals surface area contributed by atoms with Gasteiger partial charge < -0.3 is 10.6 Å². The van der Waals surface area contributed by atoms with Gasteiger partial charge in [-0.05, 0) is 24.2 Å². The van der Waals surface area contributed by atoms with Crippen LogP contribution < -0.4 is 5.73 Å². The summed E-state index contributed by atoms with van der Waals surface area (Å²) in [6, 6.07) is 5.02. The van der Waals surface area contributed by atoms with Gasteiger partial charge in [0, 0.05) is 43.2 Å². The molecule has 1 aliphatic heterocycles. The molecule has 1 aromatic rings. The van der Waals surface area contributed by atoms with E-state index in [-0.39, 0.29) is 11.9 Å². The Labute approximate surface area is 122 Å². The molecule has 0 aromatic heterocycles. The fourth-order valence-electron chi connectivity index (χ4n) is 2.64. The van der Waals surface area contributed by atoms with Crippen molar-refractivity contribution in [2.45, 2.75) is 13.0 Å². The van der Waals surface area contributed by atoms with Crippen molar-refractivity contribution in [2.75, 3.05) is 39.3 Å². The lowest BCUT2D eigenvalue weighted by atomic mass is 10.0. The Morgan fingerprint density at radius 2 is 2.00 bits per heavy atom. The lowest BCUT2D eigenvalue weighted by Crippen LogP contribution is -2.48. The van der Waals surface area contributed by atoms with Gasteiger partial charge in [0.05, 0.1) is 0 Å². The standard InChI is InChI=1S/C14H21BrFN3/c1-2-18-5-7-19(8-6-18)14(10-17)12-4-3-11(16)9-13(12)15/h3-4,9,14H,2,5-8,10,17H2,1H3. The molecule has 0 saturated carbocycles. The van der Waals surface area contributed by atoms with Crippen LogP contribution in [-0.2, 0) is 0 Å². The number of rotatable bonds is 4. The molecule has 1 unspecified atom stereocenters. The highest BCUT2D eigenvalue weighted by molar-refractivity contribution is 9.10. The Morgan fingerprint density at radius 3 is 2.53 bits per heavy atom. The third-order valence-electron chi connectivity index (χ3n) is 3.84. The van der Waals surface area contributed by atoms with E-state index in [1.807, 2.05) is 6.07 Å². The molecule has 106 valence electrons. The first kappa shape index (κ1) is 14.9. The molecule has 0 spiro atoms. The monoisotopic (exact) mass is 329 g/mol. The van der Waals surface area contributed by atoms with Gasteiger partial charge in [-0.1, -0.05) is 28.9 Å². The molecule has 1 aromatic carbocycles. The number of likely N-dealkylation sites (N-methyl/N-ethyl adjacent to an activating group) is 1. The highest BCUT2D eigenvalue weighted by Crippen LogP contribution is 2.28. The number of halogens is 2.